The summed E-state index contributed by atoms with van der Waals surface area (Å²) in [6.07, 6.45) is 3.91. The second-order valence-corrected chi connectivity index (χ2v) is 5.87. The van der Waals surface area contributed by atoms with Crippen molar-refractivity contribution in [1.29, 1.82) is 0 Å². The first-order valence-corrected chi connectivity index (χ1v) is 7.77. The molecule has 0 spiro atoms. The zero-order valence-electron chi connectivity index (χ0n) is 13.2. The lowest BCUT2D eigenvalue weighted by atomic mass is 10.0. The summed E-state index contributed by atoms with van der Waals surface area (Å²) in [5.74, 6) is 0.936. The minimum Gasteiger partial charge on any atom is -0.496 e. The third-order valence-electron chi connectivity index (χ3n) is 4.11. The van der Waals surface area contributed by atoms with Crippen LogP contribution in [-0.4, -0.2) is 25.6 Å². The molecule has 0 aromatic heterocycles. The fourth-order valence-electron chi connectivity index (χ4n) is 2.89. The van der Waals surface area contributed by atoms with Gasteiger partial charge in [0.2, 0.25) is 5.91 Å². The smallest absolute Gasteiger partial charge is 0.220 e. The van der Waals surface area contributed by atoms with E-state index in [0.29, 0.717) is 12.5 Å². The summed E-state index contributed by atoms with van der Waals surface area (Å²) in [7, 11) is 1.66. The molecule has 1 heterocycles. The second kappa shape index (κ2) is 7.46. The molecule has 0 aliphatic carbocycles. The molecule has 4 heteroatoms. The predicted octanol–water partition coefficient (Wildman–Crippen LogP) is 2.71. The van der Waals surface area contributed by atoms with Gasteiger partial charge in [0.05, 0.1) is 13.2 Å². The van der Waals surface area contributed by atoms with Crippen LogP contribution in [-0.2, 0) is 4.79 Å². The molecule has 0 saturated carbocycles. The van der Waals surface area contributed by atoms with E-state index >= 15 is 0 Å². The van der Waals surface area contributed by atoms with Gasteiger partial charge in [0.1, 0.15) is 5.75 Å². The van der Waals surface area contributed by atoms with Crippen molar-refractivity contribution < 1.29 is 9.53 Å². The second-order valence-electron chi connectivity index (χ2n) is 5.87. The van der Waals surface area contributed by atoms with E-state index in [1.54, 1.807) is 7.11 Å². The van der Waals surface area contributed by atoms with Crippen molar-refractivity contribution in [2.75, 3.05) is 13.7 Å². The van der Waals surface area contributed by atoms with Gasteiger partial charge in [-0.05, 0) is 45.7 Å². The van der Waals surface area contributed by atoms with Crippen LogP contribution >= 0.6 is 0 Å². The maximum Gasteiger partial charge on any atom is 0.220 e. The molecule has 0 radical (unpaired) electrons. The van der Waals surface area contributed by atoms with E-state index in [-0.39, 0.29) is 11.9 Å². The van der Waals surface area contributed by atoms with E-state index in [2.05, 4.69) is 16.7 Å². The molecular weight excluding hydrogens is 264 g/mol. The zero-order chi connectivity index (χ0) is 15.2. The molecule has 2 atom stereocenters. The molecule has 1 aromatic rings. The van der Waals surface area contributed by atoms with E-state index in [4.69, 9.17) is 4.74 Å². The molecule has 1 fully saturated rings. The average molecular weight is 290 g/mol. The van der Waals surface area contributed by atoms with Gasteiger partial charge in [-0.15, -0.1) is 0 Å². The fraction of sp³-hybridized carbons (Fsp3) is 0.588. The number of methoxy groups -OCH3 is 1. The Hall–Kier alpha value is -1.55. The quantitative estimate of drug-likeness (QED) is 0.847. The summed E-state index contributed by atoms with van der Waals surface area (Å²) in [6.45, 7) is 5.13. The SMILES string of the molecule is COc1ccc(C)cc1C(C)NC(=O)CCC1CCCN1. The molecule has 1 aliphatic heterocycles. The van der Waals surface area contributed by atoms with Gasteiger partial charge in [0.25, 0.3) is 0 Å². The van der Waals surface area contributed by atoms with Gasteiger partial charge in [0.15, 0.2) is 0 Å². The third kappa shape index (κ3) is 4.46. The number of nitrogens with one attached hydrogen (secondary N) is 2. The fourth-order valence-corrected chi connectivity index (χ4v) is 2.89. The van der Waals surface area contributed by atoms with E-state index in [1.807, 2.05) is 26.0 Å². The van der Waals surface area contributed by atoms with E-state index < -0.39 is 0 Å². The molecule has 1 amide bonds. The lowest BCUT2D eigenvalue weighted by Crippen LogP contribution is -2.29. The molecule has 4 nitrogen and oxygen atoms in total. The predicted molar refractivity (Wildman–Crippen MR) is 84.5 cm³/mol. The molecular formula is C17H26N2O2. The van der Waals surface area contributed by atoms with Gasteiger partial charge >= 0.3 is 0 Å². The molecule has 1 aromatic carbocycles. The Bertz CT molecular complexity index is 482. The first kappa shape index (κ1) is 15.8. The van der Waals surface area contributed by atoms with Crippen molar-refractivity contribution in [2.24, 2.45) is 0 Å². The highest BCUT2D eigenvalue weighted by Gasteiger charge is 2.17. The lowest BCUT2D eigenvalue weighted by Gasteiger charge is -2.18. The van der Waals surface area contributed by atoms with Gasteiger partial charge in [-0.2, -0.15) is 0 Å². The van der Waals surface area contributed by atoms with Crippen molar-refractivity contribution in [3.8, 4) is 5.75 Å². The molecule has 2 N–H and O–H groups in total. The van der Waals surface area contributed by atoms with Crippen LogP contribution < -0.4 is 15.4 Å². The summed E-state index contributed by atoms with van der Waals surface area (Å²) < 4.78 is 5.38. The summed E-state index contributed by atoms with van der Waals surface area (Å²) >= 11 is 0. The van der Waals surface area contributed by atoms with Gasteiger partial charge in [-0.3, -0.25) is 4.79 Å². The molecule has 21 heavy (non-hydrogen) atoms. The van der Waals surface area contributed by atoms with Crippen molar-refractivity contribution >= 4 is 5.91 Å². The number of carbonyl (C=O) groups is 1. The first-order valence-electron chi connectivity index (χ1n) is 7.77. The summed E-state index contributed by atoms with van der Waals surface area (Å²) in [5, 5.41) is 6.50. The highest BCUT2D eigenvalue weighted by Crippen LogP contribution is 2.26. The van der Waals surface area contributed by atoms with Gasteiger partial charge in [-0.25, -0.2) is 0 Å². The lowest BCUT2D eigenvalue weighted by molar-refractivity contribution is -0.121. The van der Waals surface area contributed by atoms with Crippen LogP contribution in [0.5, 0.6) is 5.75 Å². The van der Waals surface area contributed by atoms with Gasteiger partial charge in [-0.1, -0.05) is 17.7 Å². The van der Waals surface area contributed by atoms with Crippen molar-refractivity contribution in [3.63, 3.8) is 0 Å². The Morgan fingerprint density at radius 1 is 1.52 bits per heavy atom. The Morgan fingerprint density at radius 2 is 2.33 bits per heavy atom. The van der Waals surface area contributed by atoms with Crippen LogP contribution in [0.1, 0.15) is 49.8 Å². The van der Waals surface area contributed by atoms with E-state index in [0.717, 1.165) is 24.3 Å². The Morgan fingerprint density at radius 3 is 3.00 bits per heavy atom. The van der Waals surface area contributed by atoms with Crippen LogP contribution in [0.2, 0.25) is 0 Å². The van der Waals surface area contributed by atoms with Crippen LogP contribution in [0.15, 0.2) is 18.2 Å². The molecule has 2 rings (SSSR count). The van der Waals surface area contributed by atoms with Gasteiger partial charge in [0, 0.05) is 18.0 Å². The van der Waals surface area contributed by atoms with Crippen molar-refractivity contribution in [2.45, 2.75) is 51.6 Å². The number of benzene rings is 1. The molecule has 2 unspecified atom stereocenters. The Balaban J connectivity index is 1.89. The number of carbonyl (C=O) groups excluding carboxylic acids is 1. The first-order chi connectivity index (χ1) is 10.1. The molecule has 116 valence electrons. The maximum absolute atomic E-state index is 12.1. The number of hydrogen-bond donors (Lipinski definition) is 2. The maximum atomic E-state index is 12.1. The summed E-state index contributed by atoms with van der Waals surface area (Å²) in [4.78, 5) is 12.1. The number of amides is 1. The van der Waals surface area contributed by atoms with Crippen LogP contribution in [0.25, 0.3) is 0 Å². The van der Waals surface area contributed by atoms with Crippen LogP contribution in [0.3, 0.4) is 0 Å². The van der Waals surface area contributed by atoms with Gasteiger partial charge < -0.3 is 15.4 Å². The monoisotopic (exact) mass is 290 g/mol. The minimum atomic E-state index is -0.0381. The largest absolute Gasteiger partial charge is 0.496 e. The standard InChI is InChI=1S/C17H26N2O2/c1-12-6-8-16(21-3)15(11-12)13(2)19-17(20)9-7-14-5-4-10-18-14/h6,8,11,13-14,18H,4-5,7,9-10H2,1-3H3,(H,19,20). The minimum absolute atomic E-state index is 0.0381. The summed E-state index contributed by atoms with van der Waals surface area (Å²) in [6, 6.07) is 6.52. The van der Waals surface area contributed by atoms with E-state index in [9.17, 15) is 4.79 Å². The highest BCUT2D eigenvalue weighted by atomic mass is 16.5. The molecule has 1 aliphatic rings. The summed E-state index contributed by atoms with van der Waals surface area (Å²) in [5.41, 5.74) is 2.20. The number of aryl methyl sites for hydroxylation is 1. The number of rotatable bonds is 6. The molecule has 1 saturated heterocycles. The van der Waals surface area contributed by atoms with Crippen molar-refractivity contribution in [1.82, 2.24) is 10.6 Å². The number of hydrogen-bond acceptors (Lipinski definition) is 3. The normalized spacial score (nSPS) is 19.3. The number of ether oxygens (including phenoxy) is 1. The Kier molecular flexibility index (Phi) is 5.62. The van der Waals surface area contributed by atoms with E-state index in [1.165, 1.54) is 18.4 Å². The third-order valence-corrected chi connectivity index (χ3v) is 4.11. The van der Waals surface area contributed by atoms with Crippen LogP contribution in [0, 0.1) is 6.92 Å². The zero-order valence-corrected chi connectivity index (χ0v) is 13.2. The molecule has 0 bridgehead atoms. The highest BCUT2D eigenvalue weighted by molar-refractivity contribution is 5.76. The van der Waals surface area contributed by atoms with Crippen molar-refractivity contribution in [3.05, 3.63) is 29.3 Å². The topological polar surface area (TPSA) is 50.4 Å². The Labute approximate surface area is 127 Å². The van der Waals surface area contributed by atoms with Crippen LogP contribution in [0.4, 0.5) is 0 Å². The average Bonchev–Trinajstić information content (AvgIpc) is 2.98.